The molecule has 0 saturated heterocycles. The Morgan fingerprint density at radius 2 is 1.71 bits per heavy atom. The number of nitrogens with zero attached hydrogens (tertiary/aromatic N) is 3. The minimum Gasteiger partial charge on any atom is -0.259 e. The number of aromatic amines is 1. The maximum absolute atomic E-state index is 4.61. The molecule has 0 aliphatic carbocycles. The van der Waals surface area contributed by atoms with E-state index in [1.54, 1.807) is 6.20 Å². The maximum Gasteiger partial charge on any atom is 0.181 e. The van der Waals surface area contributed by atoms with E-state index >= 15 is 0 Å². The van der Waals surface area contributed by atoms with Crippen molar-refractivity contribution in [2.24, 2.45) is 0 Å². The summed E-state index contributed by atoms with van der Waals surface area (Å²) in [7, 11) is 0. The van der Waals surface area contributed by atoms with Crippen molar-refractivity contribution in [3.05, 3.63) is 66.9 Å². The number of hydrogen-bond acceptors (Lipinski definition) is 3. The Morgan fingerprint density at radius 1 is 0.810 bits per heavy atom. The number of hydrogen-bond donors (Lipinski definition) is 1. The number of benzene rings is 2. The number of rotatable bonds is 2. The molecule has 2 heterocycles. The third-order valence-corrected chi connectivity index (χ3v) is 3.42. The minimum atomic E-state index is 0.700. The van der Waals surface area contributed by atoms with E-state index in [9.17, 15) is 0 Å². The zero-order valence-corrected chi connectivity index (χ0v) is 11.2. The highest BCUT2D eigenvalue weighted by atomic mass is 15.2. The molecule has 2 aromatic heterocycles. The molecule has 4 heteroatoms. The van der Waals surface area contributed by atoms with Crippen molar-refractivity contribution < 1.29 is 0 Å². The highest BCUT2D eigenvalue weighted by Gasteiger charge is 2.10. The summed E-state index contributed by atoms with van der Waals surface area (Å²) < 4.78 is 0. The van der Waals surface area contributed by atoms with Crippen LogP contribution in [0.4, 0.5) is 0 Å². The van der Waals surface area contributed by atoms with Gasteiger partial charge in [0.05, 0.1) is 5.52 Å². The van der Waals surface area contributed by atoms with Crippen LogP contribution in [0.2, 0.25) is 0 Å². The second-order valence-electron chi connectivity index (χ2n) is 4.75. The van der Waals surface area contributed by atoms with Crippen molar-refractivity contribution in [3.8, 4) is 22.8 Å². The summed E-state index contributed by atoms with van der Waals surface area (Å²) in [5.74, 6) is 1.46. The van der Waals surface area contributed by atoms with Crippen LogP contribution in [-0.2, 0) is 0 Å². The molecular weight excluding hydrogens is 260 g/mol. The van der Waals surface area contributed by atoms with E-state index in [2.05, 4.69) is 20.2 Å². The Hall–Kier alpha value is -3.01. The van der Waals surface area contributed by atoms with Gasteiger partial charge in [0, 0.05) is 22.7 Å². The summed E-state index contributed by atoms with van der Waals surface area (Å²) in [4.78, 5) is 8.98. The van der Waals surface area contributed by atoms with Gasteiger partial charge in [-0.3, -0.25) is 10.1 Å². The molecule has 21 heavy (non-hydrogen) atoms. The molecule has 0 radical (unpaired) electrons. The van der Waals surface area contributed by atoms with E-state index in [0.29, 0.717) is 5.82 Å². The Morgan fingerprint density at radius 3 is 2.62 bits per heavy atom. The zero-order chi connectivity index (χ0) is 14.1. The summed E-state index contributed by atoms with van der Waals surface area (Å²) >= 11 is 0. The van der Waals surface area contributed by atoms with Gasteiger partial charge in [0.1, 0.15) is 0 Å². The fraction of sp³-hybridized carbons (Fsp3) is 0. The standard InChI is InChI=1S/C17H12N4/c1-2-6-12(7-3-1)16-19-17(21-20-16)14-8-4-10-15-13(14)9-5-11-18-15/h1-11H,(H,19,20,21). The topological polar surface area (TPSA) is 54.5 Å². The number of pyridine rings is 1. The van der Waals surface area contributed by atoms with Crippen molar-refractivity contribution in [2.45, 2.75) is 0 Å². The van der Waals surface area contributed by atoms with Gasteiger partial charge >= 0.3 is 0 Å². The van der Waals surface area contributed by atoms with Gasteiger partial charge in [0.25, 0.3) is 0 Å². The fourth-order valence-corrected chi connectivity index (χ4v) is 2.41. The predicted molar refractivity (Wildman–Crippen MR) is 82.6 cm³/mol. The molecule has 0 aliphatic heterocycles. The van der Waals surface area contributed by atoms with Crippen LogP contribution in [0.15, 0.2) is 66.9 Å². The second kappa shape index (κ2) is 4.83. The molecule has 0 bridgehead atoms. The molecule has 0 unspecified atom stereocenters. The molecule has 0 saturated carbocycles. The molecule has 100 valence electrons. The Labute approximate surface area is 121 Å². The van der Waals surface area contributed by atoms with Gasteiger partial charge in [0.15, 0.2) is 11.6 Å². The van der Waals surface area contributed by atoms with E-state index in [4.69, 9.17) is 0 Å². The molecule has 0 atom stereocenters. The minimum absolute atomic E-state index is 0.700. The summed E-state index contributed by atoms with van der Waals surface area (Å²) in [6.07, 6.45) is 1.79. The van der Waals surface area contributed by atoms with Crippen LogP contribution in [0.5, 0.6) is 0 Å². The van der Waals surface area contributed by atoms with Crippen LogP contribution >= 0.6 is 0 Å². The average Bonchev–Trinajstić information content (AvgIpc) is 3.05. The van der Waals surface area contributed by atoms with Gasteiger partial charge in [-0.25, -0.2) is 4.98 Å². The van der Waals surface area contributed by atoms with Crippen molar-refractivity contribution in [1.29, 1.82) is 0 Å². The Bertz CT molecular complexity index is 891. The van der Waals surface area contributed by atoms with Gasteiger partial charge in [-0.2, -0.15) is 5.10 Å². The van der Waals surface area contributed by atoms with Gasteiger partial charge in [0.2, 0.25) is 0 Å². The number of H-pyrrole nitrogens is 1. The maximum atomic E-state index is 4.61. The van der Waals surface area contributed by atoms with Gasteiger partial charge < -0.3 is 0 Å². The fourth-order valence-electron chi connectivity index (χ4n) is 2.41. The molecule has 4 nitrogen and oxygen atoms in total. The van der Waals surface area contributed by atoms with E-state index < -0.39 is 0 Å². The van der Waals surface area contributed by atoms with Crippen molar-refractivity contribution >= 4 is 10.9 Å². The van der Waals surface area contributed by atoms with Gasteiger partial charge in [-0.05, 0) is 12.1 Å². The lowest BCUT2D eigenvalue weighted by Gasteiger charge is -2.01. The first-order valence-corrected chi connectivity index (χ1v) is 6.74. The number of aromatic nitrogens is 4. The first-order chi connectivity index (χ1) is 10.4. The lowest BCUT2D eigenvalue weighted by Crippen LogP contribution is -1.85. The highest BCUT2D eigenvalue weighted by molar-refractivity contribution is 5.92. The van der Waals surface area contributed by atoms with Crippen molar-refractivity contribution in [1.82, 2.24) is 20.2 Å². The normalized spacial score (nSPS) is 10.9. The molecule has 0 aliphatic rings. The predicted octanol–water partition coefficient (Wildman–Crippen LogP) is 3.69. The van der Waals surface area contributed by atoms with Crippen LogP contribution in [0.3, 0.4) is 0 Å². The molecule has 0 amide bonds. The summed E-state index contributed by atoms with van der Waals surface area (Å²) in [6.45, 7) is 0. The second-order valence-corrected chi connectivity index (χ2v) is 4.75. The van der Waals surface area contributed by atoms with E-state index in [0.717, 1.165) is 27.9 Å². The van der Waals surface area contributed by atoms with Crippen LogP contribution in [0.25, 0.3) is 33.7 Å². The zero-order valence-electron chi connectivity index (χ0n) is 11.2. The van der Waals surface area contributed by atoms with Crippen molar-refractivity contribution in [3.63, 3.8) is 0 Å². The molecule has 4 rings (SSSR count). The van der Waals surface area contributed by atoms with Crippen LogP contribution in [0, 0.1) is 0 Å². The molecule has 0 fully saturated rings. The summed E-state index contributed by atoms with van der Waals surface area (Å²) in [5.41, 5.74) is 2.96. The first kappa shape index (κ1) is 11.8. The van der Waals surface area contributed by atoms with Gasteiger partial charge in [-0.15, -0.1) is 0 Å². The number of fused-ring (bicyclic) bond motifs is 1. The van der Waals surface area contributed by atoms with Crippen LogP contribution in [0.1, 0.15) is 0 Å². The molecule has 0 spiro atoms. The average molecular weight is 272 g/mol. The smallest absolute Gasteiger partial charge is 0.181 e. The Kier molecular flexibility index (Phi) is 2.71. The lowest BCUT2D eigenvalue weighted by molar-refractivity contribution is 1.10. The molecule has 2 aromatic carbocycles. The molecule has 1 N–H and O–H groups in total. The third-order valence-electron chi connectivity index (χ3n) is 3.42. The Balaban J connectivity index is 1.85. The van der Waals surface area contributed by atoms with Crippen LogP contribution in [-0.4, -0.2) is 20.2 Å². The first-order valence-electron chi connectivity index (χ1n) is 6.74. The van der Waals surface area contributed by atoms with Crippen LogP contribution < -0.4 is 0 Å². The molecule has 4 aromatic rings. The highest BCUT2D eigenvalue weighted by Crippen LogP contribution is 2.26. The number of nitrogens with one attached hydrogen (secondary N) is 1. The third kappa shape index (κ3) is 2.07. The summed E-state index contributed by atoms with van der Waals surface area (Å²) in [5, 5.41) is 8.40. The quantitative estimate of drug-likeness (QED) is 0.605. The molecular formula is C17H12N4. The van der Waals surface area contributed by atoms with E-state index in [-0.39, 0.29) is 0 Å². The summed E-state index contributed by atoms with van der Waals surface area (Å²) in [6, 6.07) is 19.9. The SMILES string of the molecule is c1ccc(-c2n[nH]c(-c3cccc4ncccc34)n2)cc1. The largest absolute Gasteiger partial charge is 0.259 e. The monoisotopic (exact) mass is 272 g/mol. The lowest BCUT2D eigenvalue weighted by atomic mass is 10.1. The van der Waals surface area contributed by atoms with E-state index in [1.807, 2.05) is 60.7 Å². The van der Waals surface area contributed by atoms with Gasteiger partial charge in [-0.1, -0.05) is 48.5 Å². The van der Waals surface area contributed by atoms with Crippen molar-refractivity contribution in [2.75, 3.05) is 0 Å². The van der Waals surface area contributed by atoms with E-state index in [1.165, 1.54) is 0 Å².